The second-order valence-electron chi connectivity index (χ2n) is 13.4. The molecule has 3 aliphatic heterocycles. The molecule has 3 saturated heterocycles. The number of nitrogens with zero attached hydrogens (tertiary/aromatic N) is 2. The van der Waals surface area contributed by atoms with E-state index in [9.17, 15) is 5.11 Å². The first kappa shape index (κ1) is 32.0. The van der Waals surface area contributed by atoms with E-state index in [2.05, 4.69) is 55.6 Å². The number of pyridine rings is 1. The normalized spacial score (nSPS) is 24.5. The van der Waals surface area contributed by atoms with Crippen LogP contribution < -0.4 is 9.30 Å². The first-order valence-electron chi connectivity index (χ1n) is 17.2. The molecule has 0 aliphatic carbocycles. The van der Waals surface area contributed by atoms with Gasteiger partial charge in [0.25, 0.3) is 0 Å². The van der Waals surface area contributed by atoms with Crippen LogP contribution in [0.4, 0.5) is 0 Å². The molecule has 0 saturated carbocycles. The molecule has 0 spiro atoms. The van der Waals surface area contributed by atoms with Gasteiger partial charge in [-0.25, -0.2) is 4.57 Å². The number of aromatic nitrogens is 1. The molecule has 228 valence electrons. The van der Waals surface area contributed by atoms with Gasteiger partial charge in [0.05, 0.1) is 32.1 Å². The molecule has 4 heteroatoms. The quantitative estimate of drug-likeness (QED) is 0.0802. The maximum Gasteiger partial charge on any atom is 0.212 e. The van der Waals surface area contributed by atoms with Crippen molar-refractivity contribution in [3.8, 4) is 5.75 Å². The third kappa shape index (κ3) is 8.14. The Labute approximate surface area is 251 Å². The van der Waals surface area contributed by atoms with Crippen LogP contribution in [0, 0.1) is 11.8 Å². The van der Waals surface area contributed by atoms with Crippen molar-refractivity contribution < 1.29 is 18.9 Å². The minimum absolute atomic E-state index is 0.258. The van der Waals surface area contributed by atoms with E-state index in [1.807, 2.05) is 6.07 Å². The molecule has 41 heavy (non-hydrogen) atoms. The van der Waals surface area contributed by atoms with Crippen molar-refractivity contribution in [1.29, 1.82) is 0 Å². The van der Waals surface area contributed by atoms with E-state index in [1.54, 1.807) is 7.11 Å². The lowest BCUT2D eigenvalue weighted by molar-refractivity contribution is -0.973. The van der Waals surface area contributed by atoms with Crippen molar-refractivity contribution in [2.24, 2.45) is 18.9 Å². The summed E-state index contributed by atoms with van der Waals surface area (Å²) in [6, 6.07) is 8.64. The summed E-state index contributed by atoms with van der Waals surface area (Å²) in [5, 5.41) is 13.2. The highest BCUT2D eigenvalue weighted by atomic mass is 16.5. The Kier molecular flexibility index (Phi) is 12.6. The van der Waals surface area contributed by atoms with Crippen molar-refractivity contribution in [2.45, 2.75) is 122 Å². The smallest absolute Gasteiger partial charge is 0.212 e. The number of aliphatic hydroxyl groups excluding tert-OH is 1. The zero-order valence-corrected chi connectivity index (χ0v) is 26.7. The maximum absolute atomic E-state index is 12.1. The molecule has 5 rings (SSSR count). The third-order valence-electron chi connectivity index (χ3n) is 10.7. The molecule has 5 atom stereocenters. The highest BCUT2D eigenvalue weighted by Crippen LogP contribution is 2.47. The standard InChI is InChI=1S/C37H60N2O2/c1-5-7-8-9-10-11-12-13-14-15-16-17-18-19-25-39-26-23-31(30(6-2)29-39)27-36(39)37(40)33-22-24-38(3)35-21-20-32(41-4)28-34(33)35/h6,20-22,24,28,30-31,36-37,40H,2,5,7-19,23,25-27,29H2,1,3-4H3/q+2/t30?,31?,36-,37-,39?/m0/s1. The lowest BCUT2D eigenvalue weighted by atomic mass is 9.71. The molecule has 3 fully saturated rings. The molecule has 1 aromatic carbocycles. The van der Waals surface area contributed by atoms with Crippen LogP contribution in [0.1, 0.15) is 121 Å². The van der Waals surface area contributed by atoms with Gasteiger partial charge in [0.2, 0.25) is 5.52 Å². The molecule has 2 bridgehead atoms. The fourth-order valence-corrected chi connectivity index (χ4v) is 8.12. The number of hydrogen-bond donors (Lipinski definition) is 1. The van der Waals surface area contributed by atoms with Crippen molar-refractivity contribution in [3.63, 3.8) is 0 Å². The SMILES string of the molecule is C=CC1C[N+]2(CCCCCCCCCCCCCCCC)CCC1C[C@H]2[C@@H](O)c1cc[n+](C)c2ccc(OC)cc12. The predicted octanol–water partition coefficient (Wildman–Crippen LogP) is 8.60. The summed E-state index contributed by atoms with van der Waals surface area (Å²) in [6.07, 6.45) is 25.8. The average molecular weight is 565 g/mol. The summed E-state index contributed by atoms with van der Waals surface area (Å²) in [5.41, 5.74) is 2.20. The van der Waals surface area contributed by atoms with Crippen LogP contribution in [0.5, 0.6) is 5.75 Å². The van der Waals surface area contributed by atoms with E-state index >= 15 is 0 Å². The molecule has 2 aromatic rings. The number of aryl methyl sites for hydroxylation is 1. The summed E-state index contributed by atoms with van der Waals surface area (Å²) < 4.78 is 8.78. The van der Waals surface area contributed by atoms with Gasteiger partial charge in [0.15, 0.2) is 6.20 Å². The number of fused-ring (bicyclic) bond motifs is 4. The van der Waals surface area contributed by atoms with Gasteiger partial charge in [0.1, 0.15) is 24.9 Å². The fourth-order valence-electron chi connectivity index (χ4n) is 8.12. The van der Waals surface area contributed by atoms with Gasteiger partial charge in [-0.05, 0) is 30.9 Å². The van der Waals surface area contributed by atoms with E-state index < -0.39 is 6.10 Å². The number of aliphatic hydroxyl groups is 1. The second-order valence-corrected chi connectivity index (χ2v) is 13.4. The molecule has 3 aliphatic rings. The van der Waals surface area contributed by atoms with Crippen LogP contribution in [-0.4, -0.2) is 42.4 Å². The number of quaternary nitrogens is 1. The molecule has 3 unspecified atom stereocenters. The number of methoxy groups -OCH3 is 1. The lowest BCUT2D eigenvalue weighted by Gasteiger charge is -2.58. The molecule has 4 nitrogen and oxygen atoms in total. The van der Waals surface area contributed by atoms with E-state index in [1.165, 1.54) is 109 Å². The van der Waals surface area contributed by atoms with Gasteiger partial charge in [-0.1, -0.05) is 90.0 Å². The monoisotopic (exact) mass is 564 g/mol. The number of benzene rings is 1. The zero-order valence-electron chi connectivity index (χ0n) is 26.7. The van der Waals surface area contributed by atoms with Gasteiger partial charge >= 0.3 is 0 Å². The predicted molar refractivity (Wildman–Crippen MR) is 172 cm³/mol. The van der Waals surface area contributed by atoms with Gasteiger partial charge in [0, 0.05) is 36.5 Å². The molecule has 1 N–H and O–H groups in total. The van der Waals surface area contributed by atoms with Crippen molar-refractivity contribution in [2.75, 3.05) is 26.7 Å². The number of rotatable bonds is 19. The third-order valence-corrected chi connectivity index (χ3v) is 10.7. The first-order valence-corrected chi connectivity index (χ1v) is 17.2. The highest BCUT2D eigenvalue weighted by Gasteiger charge is 2.53. The fraction of sp³-hybridized carbons (Fsp3) is 0.703. The summed E-state index contributed by atoms with van der Waals surface area (Å²) in [6.45, 7) is 10.1. The number of hydrogen-bond acceptors (Lipinski definition) is 2. The van der Waals surface area contributed by atoms with Gasteiger partial charge < -0.3 is 14.3 Å². The summed E-state index contributed by atoms with van der Waals surface area (Å²) in [7, 11) is 3.80. The van der Waals surface area contributed by atoms with E-state index in [0.29, 0.717) is 11.8 Å². The zero-order chi connectivity index (χ0) is 29.1. The average Bonchev–Trinajstić information content (AvgIpc) is 3.01. The largest absolute Gasteiger partial charge is 0.497 e. The van der Waals surface area contributed by atoms with Crippen LogP contribution in [-0.2, 0) is 7.05 Å². The minimum Gasteiger partial charge on any atom is -0.497 e. The molecular weight excluding hydrogens is 504 g/mol. The minimum atomic E-state index is -0.467. The Hall–Kier alpha value is -1.91. The Morgan fingerprint density at radius 2 is 1.61 bits per heavy atom. The summed E-state index contributed by atoms with van der Waals surface area (Å²) in [4.78, 5) is 0. The summed E-state index contributed by atoms with van der Waals surface area (Å²) in [5.74, 6) is 2.09. The van der Waals surface area contributed by atoms with Gasteiger partial charge in [-0.15, -0.1) is 6.58 Å². The molecular formula is C37H60N2O2+2. The van der Waals surface area contributed by atoms with Crippen LogP contribution in [0.15, 0.2) is 43.1 Å². The lowest BCUT2D eigenvalue weighted by Crippen LogP contribution is -2.68. The first-order chi connectivity index (χ1) is 20.0. The number of ether oxygens (including phenoxy) is 1. The molecule has 1 aromatic heterocycles. The van der Waals surface area contributed by atoms with Crippen LogP contribution in [0.2, 0.25) is 0 Å². The van der Waals surface area contributed by atoms with Crippen LogP contribution in [0.3, 0.4) is 0 Å². The van der Waals surface area contributed by atoms with Crippen molar-refractivity contribution >= 4 is 10.9 Å². The Bertz CT molecular complexity index is 1080. The van der Waals surface area contributed by atoms with E-state index in [0.717, 1.165) is 39.7 Å². The second kappa shape index (κ2) is 16.1. The molecule has 0 radical (unpaired) electrons. The molecule has 4 heterocycles. The molecule has 0 amide bonds. The van der Waals surface area contributed by atoms with E-state index in [4.69, 9.17) is 4.74 Å². The van der Waals surface area contributed by atoms with Crippen LogP contribution >= 0.6 is 0 Å². The topological polar surface area (TPSA) is 33.3 Å². The summed E-state index contributed by atoms with van der Waals surface area (Å²) >= 11 is 0. The Balaban J connectivity index is 1.30. The van der Waals surface area contributed by atoms with Crippen molar-refractivity contribution in [3.05, 3.63) is 48.7 Å². The maximum atomic E-state index is 12.1. The van der Waals surface area contributed by atoms with Crippen molar-refractivity contribution in [1.82, 2.24) is 0 Å². The Morgan fingerprint density at radius 1 is 0.976 bits per heavy atom. The number of unbranched alkanes of at least 4 members (excludes halogenated alkanes) is 13. The van der Waals surface area contributed by atoms with E-state index in [-0.39, 0.29) is 6.04 Å². The van der Waals surface area contributed by atoms with Crippen LogP contribution in [0.25, 0.3) is 10.9 Å². The number of piperidine rings is 3. The van der Waals surface area contributed by atoms with Gasteiger partial charge in [-0.3, -0.25) is 0 Å². The Morgan fingerprint density at radius 3 is 2.22 bits per heavy atom. The highest BCUT2D eigenvalue weighted by molar-refractivity contribution is 5.81. The van der Waals surface area contributed by atoms with Gasteiger partial charge in [-0.2, -0.15) is 0 Å².